The highest BCUT2D eigenvalue weighted by molar-refractivity contribution is 5.81. The molecule has 1 heterocycles. The highest BCUT2D eigenvalue weighted by Crippen LogP contribution is 2.34. The van der Waals surface area contributed by atoms with Crippen molar-refractivity contribution in [2.45, 2.75) is 50.3 Å². The van der Waals surface area contributed by atoms with Crippen molar-refractivity contribution >= 4 is 11.9 Å². The Hall–Kier alpha value is -3.82. The van der Waals surface area contributed by atoms with Gasteiger partial charge in [0.1, 0.15) is 24.4 Å². The monoisotopic (exact) mass is 546 g/mol. The lowest BCUT2D eigenvalue weighted by atomic mass is 10.0. The van der Waals surface area contributed by atoms with Gasteiger partial charge in [0.25, 0.3) is 0 Å². The summed E-state index contributed by atoms with van der Waals surface area (Å²) >= 11 is 0. The molecule has 1 saturated heterocycles. The molecule has 3 aromatic carbocycles. The average molecular weight is 547 g/mol. The van der Waals surface area contributed by atoms with Gasteiger partial charge in [0.2, 0.25) is 0 Å². The van der Waals surface area contributed by atoms with Gasteiger partial charge in [-0.25, -0.2) is 9.59 Å². The van der Waals surface area contributed by atoms with Gasteiger partial charge in [0, 0.05) is 6.08 Å². The number of carbonyl (C=O) groups is 2. The summed E-state index contributed by atoms with van der Waals surface area (Å²) in [7, 11) is 2.62. The summed E-state index contributed by atoms with van der Waals surface area (Å²) in [6.07, 6.45) is -0.803. The molecular formula is C32H34O8. The van der Waals surface area contributed by atoms with Gasteiger partial charge in [0.15, 0.2) is 6.10 Å². The number of hydrogen-bond donors (Lipinski definition) is 0. The van der Waals surface area contributed by atoms with Crippen molar-refractivity contribution in [1.29, 1.82) is 0 Å². The Morgan fingerprint density at radius 2 is 1.23 bits per heavy atom. The maximum atomic E-state index is 12.3. The molecule has 8 heteroatoms. The van der Waals surface area contributed by atoms with E-state index in [4.69, 9.17) is 28.4 Å². The molecule has 0 radical (unpaired) electrons. The molecule has 0 bridgehead atoms. The molecule has 0 unspecified atom stereocenters. The van der Waals surface area contributed by atoms with Crippen LogP contribution in [0, 0.1) is 0 Å². The lowest BCUT2D eigenvalue weighted by molar-refractivity contribution is -0.146. The van der Waals surface area contributed by atoms with E-state index in [-0.39, 0.29) is 19.8 Å². The third-order valence-electron chi connectivity index (χ3n) is 6.41. The highest BCUT2D eigenvalue weighted by Gasteiger charge is 2.55. The van der Waals surface area contributed by atoms with Crippen LogP contribution in [0.25, 0.3) is 0 Å². The number of epoxide rings is 1. The first-order valence-corrected chi connectivity index (χ1v) is 13.0. The van der Waals surface area contributed by atoms with Crippen molar-refractivity contribution in [3.8, 4) is 0 Å². The smallest absolute Gasteiger partial charge is 0.337 e. The Labute approximate surface area is 234 Å². The second kappa shape index (κ2) is 15.1. The van der Waals surface area contributed by atoms with Gasteiger partial charge in [-0.2, -0.15) is 0 Å². The molecule has 0 N–H and O–H groups in total. The molecular weight excluding hydrogens is 512 g/mol. The second-order valence-corrected chi connectivity index (χ2v) is 9.21. The maximum Gasteiger partial charge on any atom is 0.337 e. The minimum Gasteiger partial charge on any atom is -0.467 e. The van der Waals surface area contributed by atoms with Crippen molar-refractivity contribution in [2.24, 2.45) is 0 Å². The molecule has 210 valence electrons. The maximum absolute atomic E-state index is 12.3. The number of rotatable bonds is 15. The SMILES string of the molecule is COC(=O)/C=C/[C@@H](OCc1ccccc1)[C@H](OCc1ccccc1)[C@@H](OCc1ccccc1)[C@@H]1O[C@@H]1C(=O)OC. The van der Waals surface area contributed by atoms with Gasteiger partial charge in [-0.1, -0.05) is 91.0 Å². The predicted octanol–water partition coefficient (Wildman–Crippen LogP) is 4.41. The summed E-state index contributed by atoms with van der Waals surface area (Å²) in [5.41, 5.74) is 2.82. The molecule has 0 saturated carbocycles. The van der Waals surface area contributed by atoms with E-state index in [1.807, 2.05) is 91.0 Å². The van der Waals surface area contributed by atoms with Crippen LogP contribution >= 0.6 is 0 Å². The number of carbonyl (C=O) groups excluding carboxylic acids is 2. The van der Waals surface area contributed by atoms with Crippen molar-refractivity contribution in [3.05, 3.63) is 120 Å². The Bertz CT molecular complexity index is 1220. The minimum atomic E-state index is -0.798. The molecule has 1 fully saturated rings. The van der Waals surface area contributed by atoms with Crippen LogP contribution in [0.1, 0.15) is 16.7 Å². The summed E-state index contributed by atoms with van der Waals surface area (Å²) in [4.78, 5) is 24.4. The van der Waals surface area contributed by atoms with E-state index in [1.54, 1.807) is 6.08 Å². The van der Waals surface area contributed by atoms with E-state index in [0.29, 0.717) is 0 Å². The fourth-order valence-electron chi connectivity index (χ4n) is 4.23. The minimum absolute atomic E-state index is 0.240. The number of ether oxygens (including phenoxy) is 6. The molecule has 5 atom stereocenters. The molecule has 0 spiro atoms. The van der Waals surface area contributed by atoms with Crippen LogP contribution in [-0.2, 0) is 57.8 Å². The molecule has 8 nitrogen and oxygen atoms in total. The topological polar surface area (TPSA) is 92.8 Å². The third kappa shape index (κ3) is 8.59. The third-order valence-corrected chi connectivity index (χ3v) is 6.41. The summed E-state index contributed by atoms with van der Waals surface area (Å²) < 4.78 is 34.7. The zero-order valence-corrected chi connectivity index (χ0v) is 22.6. The lowest BCUT2D eigenvalue weighted by Gasteiger charge is -2.32. The summed E-state index contributed by atoms with van der Waals surface area (Å²) in [5, 5.41) is 0. The molecule has 3 aromatic rings. The normalized spacial score (nSPS) is 18.6. The van der Waals surface area contributed by atoms with Gasteiger partial charge < -0.3 is 28.4 Å². The van der Waals surface area contributed by atoms with E-state index in [2.05, 4.69) is 0 Å². The number of benzene rings is 3. The summed E-state index contributed by atoms with van der Waals surface area (Å²) in [6, 6.07) is 29.0. The van der Waals surface area contributed by atoms with Crippen molar-refractivity contribution in [2.75, 3.05) is 14.2 Å². The quantitative estimate of drug-likeness (QED) is 0.157. The van der Waals surface area contributed by atoms with Crippen LogP contribution < -0.4 is 0 Å². The zero-order valence-electron chi connectivity index (χ0n) is 22.6. The standard InChI is InChI=1S/C32H34O8/c1-35-27(33)19-18-26(37-20-23-12-6-3-7-13-23)28(38-21-24-14-8-4-9-15-24)29(30-31(40-30)32(34)36-2)39-22-25-16-10-5-11-17-25/h3-19,26,28-31H,20-22H2,1-2H3/b19-18+/t26-,28+,29-,30+,31+/m1/s1. The first-order valence-electron chi connectivity index (χ1n) is 13.0. The second-order valence-electron chi connectivity index (χ2n) is 9.21. The van der Waals surface area contributed by atoms with Crippen molar-refractivity contribution in [3.63, 3.8) is 0 Å². The Balaban J connectivity index is 1.65. The first kappa shape index (κ1) is 29.2. The number of hydrogen-bond acceptors (Lipinski definition) is 8. The molecule has 1 aliphatic heterocycles. The van der Waals surface area contributed by atoms with Gasteiger partial charge in [-0.3, -0.25) is 0 Å². The van der Waals surface area contributed by atoms with Gasteiger partial charge in [-0.15, -0.1) is 0 Å². The van der Waals surface area contributed by atoms with Crippen molar-refractivity contribution in [1.82, 2.24) is 0 Å². The van der Waals surface area contributed by atoms with Crippen LogP contribution in [0.15, 0.2) is 103 Å². The van der Waals surface area contributed by atoms with Crippen LogP contribution in [-0.4, -0.2) is 56.7 Å². The Morgan fingerprint density at radius 3 is 1.73 bits per heavy atom. The molecule has 0 aromatic heterocycles. The van der Waals surface area contributed by atoms with Crippen molar-refractivity contribution < 1.29 is 38.0 Å². The highest BCUT2D eigenvalue weighted by atomic mass is 16.7. The van der Waals surface area contributed by atoms with E-state index >= 15 is 0 Å². The van der Waals surface area contributed by atoms with E-state index < -0.39 is 42.5 Å². The van der Waals surface area contributed by atoms with Gasteiger partial charge in [-0.05, 0) is 22.8 Å². The lowest BCUT2D eigenvalue weighted by Crippen LogP contribution is -2.46. The molecule has 1 aliphatic rings. The fraction of sp³-hybridized carbons (Fsp3) is 0.312. The predicted molar refractivity (Wildman–Crippen MR) is 147 cm³/mol. The Kier molecular flexibility index (Phi) is 11.0. The Morgan fingerprint density at radius 1 is 0.725 bits per heavy atom. The molecule has 0 aliphatic carbocycles. The first-order chi connectivity index (χ1) is 19.6. The van der Waals surface area contributed by atoms with Crippen LogP contribution in [0.5, 0.6) is 0 Å². The molecule has 4 rings (SSSR count). The molecule has 40 heavy (non-hydrogen) atoms. The molecule has 0 amide bonds. The van der Waals surface area contributed by atoms with Crippen LogP contribution in [0.2, 0.25) is 0 Å². The number of esters is 2. The average Bonchev–Trinajstić information content (AvgIpc) is 3.81. The number of methoxy groups -OCH3 is 2. The largest absolute Gasteiger partial charge is 0.467 e. The fourth-order valence-corrected chi connectivity index (χ4v) is 4.23. The summed E-state index contributed by atoms with van der Waals surface area (Å²) in [6.45, 7) is 0.736. The van der Waals surface area contributed by atoms with E-state index in [1.165, 1.54) is 20.3 Å². The summed E-state index contributed by atoms with van der Waals surface area (Å²) in [5.74, 6) is -1.03. The van der Waals surface area contributed by atoms with Crippen LogP contribution in [0.3, 0.4) is 0 Å². The zero-order chi connectivity index (χ0) is 28.2. The van der Waals surface area contributed by atoms with E-state index in [9.17, 15) is 9.59 Å². The van der Waals surface area contributed by atoms with Gasteiger partial charge in [0.05, 0.1) is 34.0 Å². The van der Waals surface area contributed by atoms with E-state index in [0.717, 1.165) is 16.7 Å². The van der Waals surface area contributed by atoms with Crippen LogP contribution in [0.4, 0.5) is 0 Å². The van der Waals surface area contributed by atoms with Gasteiger partial charge >= 0.3 is 11.9 Å².